The summed E-state index contributed by atoms with van der Waals surface area (Å²) in [4.78, 5) is 37.0. The predicted molar refractivity (Wildman–Crippen MR) is 83.1 cm³/mol. The molecule has 0 spiro atoms. The lowest BCUT2D eigenvalue weighted by Crippen LogP contribution is -2.66. The Hall–Kier alpha value is -1.93. The lowest BCUT2D eigenvalue weighted by atomic mass is 10.3. The molecule has 1 aromatic rings. The quantitative estimate of drug-likeness (QED) is 0.596. The number of halogens is 1. The molecule has 1 heterocycles. The highest BCUT2D eigenvalue weighted by molar-refractivity contribution is 8.00. The Morgan fingerprint density at radius 2 is 2.09 bits per heavy atom. The van der Waals surface area contributed by atoms with E-state index in [0.717, 1.165) is 4.90 Å². The summed E-state index contributed by atoms with van der Waals surface area (Å²) in [6, 6.07) is 4.58. The van der Waals surface area contributed by atoms with E-state index in [1.54, 1.807) is 6.92 Å². The first kappa shape index (κ1) is 17.4. The van der Waals surface area contributed by atoms with Crippen molar-refractivity contribution in [3.05, 3.63) is 30.1 Å². The molecule has 23 heavy (non-hydrogen) atoms. The second-order valence-corrected chi connectivity index (χ2v) is 6.25. The molecule has 0 radical (unpaired) electrons. The Labute approximate surface area is 137 Å². The molecule has 0 aliphatic carbocycles. The van der Waals surface area contributed by atoms with Crippen molar-refractivity contribution in [2.24, 2.45) is 0 Å². The minimum absolute atomic E-state index is 0.0520. The van der Waals surface area contributed by atoms with E-state index in [1.165, 1.54) is 36.0 Å². The van der Waals surface area contributed by atoms with Gasteiger partial charge in [-0.05, 0) is 31.2 Å². The first-order chi connectivity index (χ1) is 10.9. The van der Waals surface area contributed by atoms with Crippen LogP contribution >= 0.6 is 11.8 Å². The molecule has 1 aliphatic heterocycles. The number of hydrogen-bond donors (Lipinski definition) is 1. The van der Waals surface area contributed by atoms with E-state index in [0.29, 0.717) is 11.4 Å². The maximum absolute atomic E-state index is 12.9. The average molecular weight is 341 g/mol. The van der Waals surface area contributed by atoms with Crippen LogP contribution in [0.4, 0.5) is 10.1 Å². The maximum atomic E-state index is 12.9. The van der Waals surface area contributed by atoms with Crippen LogP contribution in [0.1, 0.15) is 13.3 Å². The molecule has 8 heteroatoms. The van der Waals surface area contributed by atoms with Gasteiger partial charge in [-0.3, -0.25) is 9.59 Å². The van der Waals surface area contributed by atoms with Gasteiger partial charge >= 0.3 is 5.97 Å². The number of nitrogens with zero attached hydrogens (tertiary/aromatic N) is 1. The molecular formula is C15H18FN2O4S+. The van der Waals surface area contributed by atoms with Gasteiger partial charge in [0.1, 0.15) is 5.82 Å². The van der Waals surface area contributed by atoms with Crippen LogP contribution in [0.3, 0.4) is 0 Å². The predicted octanol–water partition coefficient (Wildman–Crippen LogP) is 0.364. The van der Waals surface area contributed by atoms with Gasteiger partial charge in [0.2, 0.25) is 11.8 Å². The molecule has 0 aromatic heterocycles. The highest BCUT2D eigenvalue weighted by Crippen LogP contribution is 2.29. The summed E-state index contributed by atoms with van der Waals surface area (Å²) in [5.74, 6) is -1.27. The molecule has 124 valence electrons. The van der Waals surface area contributed by atoms with Crippen LogP contribution in [0.25, 0.3) is 0 Å². The van der Waals surface area contributed by atoms with Gasteiger partial charge in [-0.25, -0.2) is 14.1 Å². The van der Waals surface area contributed by atoms with E-state index < -0.39 is 23.1 Å². The number of imide groups is 1. The summed E-state index contributed by atoms with van der Waals surface area (Å²) < 4.78 is 17.8. The molecule has 0 bridgehead atoms. The zero-order valence-electron chi connectivity index (χ0n) is 12.7. The molecule has 0 unspecified atom stereocenters. The van der Waals surface area contributed by atoms with Crippen molar-refractivity contribution in [3.8, 4) is 0 Å². The van der Waals surface area contributed by atoms with Crippen LogP contribution in [0, 0.1) is 5.82 Å². The minimum Gasteiger partial charge on any atom is -0.462 e. The normalized spacial score (nSPS) is 19.1. The third kappa shape index (κ3) is 4.08. The molecule has 6 nitrogen and oxygen atoms in total. The van der Waals surface area contributed by atoms with Crippen LogP contribution in [-0.4, -0.2) is 41.4 Å². The molecule has 2 atom stereocenters. The Morgan fingerprint density at radius 3 is 2.70 bits per heavy atom. The van der Waals surface area contributed by atoms with Crippen LogP contribution in [-0.2, 0) is 19.1 Å². The standard InChI is InChI=1S/C15H17FN2O4S/c1-2-22-15(21)11(17)8-23-12-7-13(19)18(14(12)20)10-5-3-9(16)4-6-10/h3-6,11-12H,2,7-8,17H2,1H3/p+1/t11-,12+/m1/s1. The van der Waals surface area contributed by atoms with Gasteiger partial charge in [0.15, 0.2) is 6.04 Å². The third-order valence-electron chi connectivity index (χ3n) is 3.31. The monoisotopic (exact) mass is 341 g/mol. The second-order valence-electron chi connectivity index (χ2n) is 5.02. The first-order valence-corrected chi connectivity index (χ1v) is 8.22. The summed E-state index contributed by atoms with van der Waals surface area (Å²) in [7, 11) is 0. The Bertz CT molecular complexity index is 608. The van der Waals surface area contributed by atoms with Gasteiger partial charge < -0.3 is 10.5 Å². The molecule has 2 rings (SSSR count). The zero-order valence-corrected chi connectivity index (χ0v) is 13.5. The maximum Gasteiger partial charge on any atom is 0.365 e. The molecular weight excluding hydrogens is 323 g/mol. The summed E-state index contributed by atoms with van der Waals surface area (Å²) in [5.41, 5.74) is 4.05. The van der Waals surface area contributed by atoms with Gasteiger partial charge in [0.05, 0.1) is 23.3 Å². The summed E-state index contributed by atoms with van der Waals surface area (Å²) >= 11 is 1.21. The summed E-state index contributed by atoms with van der Waals surface area (Å²) in [5, 5.41) is -0.564. The highest BCUT2D eigenvalue weighted by Gasteiger charge is 2.40. The molecule has 3 N–H and O–H groups in total. The Kier molecular flexibility index (Phi) is 5.73. The fourth-order valence-electron chi connectivity index (χ4n) is 2.16. The fourth-order valence-corrected chi connectivity index (χ4v) is 3.27. The van der Waals surface area contributed by atoms with E-state index in [4.69, 9.17) is 4.74 Å². The number of benzene rings is 1. The largest absolute Gasteiger partial charge is 0.462 e. The number of esters is 1. The van der Waals surface area contributed by atoms with Crippen molar-refractivity contribution in [2.45, 2.75) is 24.6 Å². The van der Waals surface area contributed by atoms with E-state index in [-0.39, 0.29) is 24.8 Å². The smallest absolute Gasteiger partial charge is 0.365 e. The molecule has 1 fully saturated rings. The van der Waals surface area contributed by atoms with Crippen LogP contribution < -0.4 is 10.6 Å². The van der Waals surface area contributed by atoms with Gasteiger partial charge in [0, 0.05) is 6.42 Å². The minimum atomic E-state index is -0.595. The number of thioether (sulfide) groups is 1. The van der Waals surface area contributed by atoms with Gasteiger partial charge in [0.25, 0.3) is 0 Å². The number of hydrogen-bond acceptors (Lipinski definition) is 5. The highest BCUT2D eigenvalue weighted by atomic mass is 32.2. The number of quaternary nitrogens is 1. The lowest BCUT2D eigenvalue weighted by Gasteiger charge is -2.15. The van der Waals surface area contributed by atoms with E-state index in [9.17, 15) is 18.8 Å². The lowest BCUT2D eigenvalue weighted by molar-refractivity contribution is -0.401. The van der Waals surface area contributed by atoms with Gasteiger partial charge in [-0.2, -0.15) is 0 Å². The number of anilines is 1. The van der Waals surface area contributed by atoms with E-state index in [2.05, 4.69) is 5.73 Å². The number of ether oxygens (including phenoxy) is 1. The van der Waals surface area contributed by atoms with Crippen molar-refractivity contribution < 1.29 is 29.2 Å². The van der Waals surface area contributed by atoms with Crippen LogP contribution in [0.15, 0.2) is 24.3 Å². The Balaban J connectivity index is 1.98. The first-order valence-electron chi connectivity index (χ1n) is 7.17. The number of amides is 2. The summed E-state index contributed by atoms with van der Waals surface area (Å²) in [6.07, 6.45) is 0.0520. The van der Waals surface area contributed by atoms with E-state index in [1.807, 2.05) is 0 Å². The molecule has 0 saturated carbocycles. The summed E-state index contributed by atoms with van der Waals surface area (Å²) in [6.45, 7) is 1.98. The van der Waals surface area contributed by atoms with Crippen LogP contribution in [0.2, 0.25) is 0 Å². The SMILES string of the molecule is CCOC(=O)[C@H]([NH3+])CS[C@H]1CC(=O)N(c2ccc(F)cc2)C1=O. The number of carbonyl (C=O) groups excluding carboxylic acids is 3. The van der Waals surface area contributed by atoms with Crippen molar-refractivity contribution in [1.82, 2.24) is 0 Å². The third-order valence-corrected chi connectivity index (χ3v) is 4.67. The van der Waals surface area contributed by atoms with Gasteiger partial charge in [-0.1, -0.05) is 0 Å². The molecule has 1 aromatic carbocycles. The van der Waals surface area contributed by atoms with E-state index >= 15 is 0 Å². The number of rotatable bonds is 6. The number of carbonyl (C=O) groups is 3. The second kappa shape index (κ2) is 7.56. The molecule has 1 aliphatic rings. The zero-order chi connectivity index (χ0) is 17.0. The van der Waals surface area contributed by atoms with Gasteiger partial charge in [-0.15, -0.1) is 11.8 Å². The van der Waals surface area contributed by atoms with Crippen molar-refractivity contribution in [1.29, 1.82) is 0 Å². The fraction of sp³-hybridized carbons (Fsp3) is 0.400. The van der Waals surface area contributed by atoms with Crippen LogP contribution in [0.5, 0.6) is 0 Å². The van der Waals surface area contributed by atoms with Crippen molar-refractivity contribution in [3.63, 3.8) is 0 Å². The van der Waals surface area contributed by atoms with Crippen molar-refractivity contribution in [2.75, 3.05) is 17.3 Å². The Morgan fingerprint density at radius 1 is 1.43 bits per heavy atom. The average Bonchev–Trinajstić information content (AvgIpc) is 2.80. The molecule has 2 amide bonds. The molecule has 1 saturated heterocycles. The van der Waals surface area contributed by atoms with Crippen molar-refractivity contribution >= 4 is 35.2 Å². The topological polar surface area (TPSA) is 91.3 Å².